The van der Waals surface area contributed by atoms with Gasteiger partial charge in [0.1, 0.15) is 6.04 Å². The van der Waals surface area contributed by atoms with Crippen LogP contribution in [-0.4, -0.2) is 5.97 Å². The fraction of sp³-hybridized carbons (Fsp3) is 0.222. The highest BCUT2D eigenvalue weighted by Gasteiger charge is 2.12. The van der Waals surface area contributed by atoms with Crippen LogP contribution in [0.15, 0.2) is 24.3 Å². The van der Waals surface area contributed by atoms with Gasteiger partial charge in [-0.05, 0) is 6.07 Å². The molecule has 1 atom stereocenters. The quantitative estimate of drug-likeness (QED) is 0.730. The summed E-state index contributed by atoms with van der Waals surface area (Å²) in [6.07, 6.45) is -0.107. The number of halogens is 1. The molecule has 4 heteroatoms. The molecule has 0 aliphatic rings. The van der Waals surface area contributed by atoms with Crippen LogP contribution in [0.3, 0.4) is 0 Å². The van der Waals surface area contributed by atoms with E-state index >= 15 is 0 Å². The number of carbonyl (C=O) groups is 1. The first-order chi connectivity index (χ1) is 6.11. The molecular weight excluding hydrogens is 190 g/mol. The fourth-order valence-corrected chi connectivity index (χ4v) is 1.41. The molecule has 0 bridgehead atoms. The highest BCUT2D eigenvalue weighted by Crippen LogP contribution is 2.21. The van der Waals surface area contributed by atoms with Crippen molar-refractivity contribution in [2.75, 3.05) is 0 Å². The summed E-state index contributed by atoms with van der Waals surface area (Å²) >= 11 is 5.85. The Kier molecular flexibility index (Phi) is 3.28. The topological polar surface area (TPSA) is 67.8 Å². The van der Waals surface area contributed by atoms with Crippen molar-refractivity contribution >= 4 is 17.6 Å². The van der Waals surface area contributed by atoms with E-state index in [4.69, 9.17) is 11.6 Å². The van der Waals surface area contributed by atoms with Gasteiger partial charge in [0.25, 0.3) is 0 Å². The number of rotatable bonds is 3. The average Bonchev–Trinajstić information content (AvgIpc) is 2.03. The number of carbonyl (C=O) groups excluding carboxylic acids is 1. The number of hydrogen-bond donors (Lipinski definition) is 1. The Bertz CT molecular complexity index is 314. The lowest BCUT2D eigenvalue weighted by molar-refractivity contribution is -0.430. The molecule has 1 rings (SSSR count). The number of carboxylic acid groups (broad SMARTS) is 1. The van der Waals surface area contributed by atoms with Gasteiger partial charge in [0, 0.05) is 23.0 Å². The van der Waals surface area contributed by atoms with E-state index in [1.807, 2.05) is 0 Å². The van der Waals surface area contributed by atoms with Crippen LogP contribution in [0.2, 0.25) is 5.02 Å². The third-order valence-corrected chi connectivity index (χ3v) is 2.10. The first-order valence-electron chi connectivity index (χ1n) is 3.88. The van der Waals surface area contributed by atoms with Gasteiger partial charge in [-0.2, -0.15) is 0 Å². The van der Waals surface area contributed by atoms with Crippen molar-refractivity contribution in [3.05, 3.63) is 34.9 Å². The van der Waals surface area contributed by atoms with Crippen LogP contribution >= 0.6 is 11.6 Å². The fourth-order valence-electron chi connectivity index (χ4n) is 1.12. The first-order valence-corrected chi connectivity index (χ1v) is 4.26. The van der Waals surface area contributed by atoms with Crippen molar-refractivity contribution in [2.24, 2.45) is 0 Å². The Labute approximate surface area is 81.1 Å². The molecule has 0 saturated carbocycles. The van der Waals surface area contributed by atoms with Crippen LogP contribution in [0.25, 0.3) is 0 Å². The normalized spacial score (nSPS) is 12.5. The van der Waals surface area contributed by atoms with Crippen molar-refractivity contribution < 1.29 is 15.6 Å². The summed E-state index contributed by atoms with van der Waals surface area (Å²) in [5.74, 6) is -1.11. The van der Waals surface area contributed by atoms with E-state index in [9.17, 15) is 9.90 Å². The summed E-state index contributed by atoms with van der Waals surface area (Å²) in [5.41, 5.74) is 4.45. The molecule has 0 aromatic heterocycles. The molecule has 0 amide bonds. The Hall–Kier alpha value is -1.06. The van der Waals surface area contributed by atoms with Crippen molar-refractivity contribution in [3.63, 3.8) is 0 Å². The molecule has 3 N–H and O–H groups in total. The zero-order valence-corrected chi connectivity index (χ0v) is 7.75. The van der Waals surface area contributed by atoms with Gasteiger partial charge in [-0.1, -0.05) is 29.8 Å². The van der Waals surface area contributed by atoms with Crippen LogP contribution in [0.1, 0.15) is 18.0 Å². The van der Waals surface area contributed by atoms with Crippen molar-refractivity contribution in [3.8, 4) is 0 Å². The molecule has 1 aromatic rings. The minimum Gasteiger partial charge on any atom is -0.550 e. The lowest BCUT2D eigenvalue weighted by Gasteiger charge is -2.10. The SMILES string of the molecule is [NH3+][C@@H](CC(=O)[O-])c1ccccc1Cl. The molecule has 0 radical (unpaired) electrons. The molecule has 0 spiro atoms. The number of hydrogen-bond acceptors (Lipinski definition) is 2. The molecule has 0 unspecified atom stereocenters. The Morgan fingerprint density at radius 2 is 2.15 bits per heavy atom. The van der Waals surface area contributed by atoms with E-state index in [2.05, 4.69) is 5.73 Å². The average molecular weight is 200 g/mol. The summed E-state index contributed by atoms with van der Waals surface area (Å²) in [7, 11) is 0. The third kappa shape index (κ3) is 2.72. The molecular formula is C9H10ClNO2. The summed E-state index contributed by atoms with van der Waals surface area (Å²) in [6.45, 7) is 0. The van der Waals surface area contributed by atoms with Crippen LogP contribution in [0, 0.1) is 0 Å². The summed E-state index contributed by atoms with van der Waals surface area (Å²) < 4.78 is 0. The molecule has 0 heterocycles. The highest BCUT2D eigenvalue weighted by atomic mass is 35.5. The van der Waals surface area contributed by atoms with Gasteiger partial charge in [-0.3, -0.25) is 0 Å². The number of aliphatic carboxylic acids is 1. The molecule has 70 valence electrons. The second kappa shape index (κ2) is 4.25. The van der Waals surface area contributed by atoms with Crippen LogP contribution in [-0.2, 0) is 4.79 Å². The largest absolute Gasteiger partial charge is 0.550 e. The van der Waals surface area contributed by atoms with E-state index < -0.39 is 5.97 Å². The second-order valence-electron chi connectivity index (χ2n) is 2.79. The summed E-state index contributed by atoms with van der Waals surface area (Å²) in [5, 5.41) is 10.8. The van der Waals surface area contributed by atoms with Crippen molar-refractivity contribution in [1.29, 1.82) is 0 Å². The molecule has 0 fully saturated rings. The molecule has 3 nitrogen and oxygen atoms in total. The third-order valence-electron chi connectivity index (χ3n) is 1.76. The predicted molar refractivity (Wildman–Crippen MR) is 46.7 cm³/mol. The first kappa shape index (κ1) is 10.0. The van der Waals surface area contributed by atoms with Crippen LogP contribution < -0.4 is 10.8 Å². The second-order valence-corrected chi connectivity index (χ2v) is 3.20. The molecule has 0 aliphatic heterocycles. The standard InChI is InChI=1S/C9H10ClNO2/c10-7-4-2-1-3-6(7)8(11)5-9(12)13/h1-4,8H,5,11H2,(H,12,13)/t8-/m0/s1. The Morgan fingerprint density at radius 3 is 2.69 bits per heavy atom. The van der Waals surface area contributed by atoms with E-state index in [-0.39, 0.29) is 12.5 Å². The van der Waals surface area contributed by atoms with Gasteiger partial charge < -0.3 is 15.6 Å². The molecule has 0 saturated heterocycles. The zero-order valence-electron chi connectivity index (χ0n) is 7.00. The summed E-state index contributed by atoms with van der Waals surface area (Å²) in [4.78, 5) is 10.3. The number of benzene rings is 1. The van der Waals surface area contributed by atoms with Gasteiger partial charge in [0.05, 0.1) is 0 Å². The molecule has 0 aliphatic carbocycles. The maximum Gasteiger partial charge on any atom is 0.117 e. The number of quaternary nitrogens is 1. The van der Waals surface area contributed by atoms with E-state index in [1.54, 1.807) is 24.3 Å². The van der Waals surface area contributed by atoms with Crippen LogP contribution in [0.5, 0.6) is 0 Å². The lowest BCUT2D eigenvalue weighted by Crippen LogP contribution is -2.55. The van der Waals surface area contributed by atoms with Crippen molar-refractivity contribution in [2.45, 2.75) is 12.5 Å². The molecule has 1 aromatic carbocycles. The van der Waals surface area contributed by atoms with E-state index in [0.717, 1.165) is 5.56 Å². The maximum atomic E-state index is 10.3. The van der Waals surface area contributed by atoms with Gasteiger partial charge in [0.2, 0.25) is 0 Å². The zero-order chi connectivity index (χ0) is 9.84. The van der Waals surface area contributed by atoms with Gasteiger partial charge in [-0.25, -0.2) is 0 Å². The van der Waals surface area contributed by atoms with Gasteiger partial charge >= 0.3 is 0 Å². The van der Waals surface area contributed by atoms with Gasteiger partial charge in [-0.15, -0.1) is 0 Å². The molecule has 13 heavy (non-hydrogen) atoms. The Balaban J connectivity index is 2.82. The van der Waals surface area contributed by atoms with E-state index in [0.29, 0.717) is 5.02 Å². The monoisotopic (exact) mass is 199 g/mol. The Morgan fingerprint density at radius 1 is 1.54 bits per heavy atom. The number of carboxylic acids is 1. The lowest BCUT2D eigenvalue weighted by atomic mass is 10.1. The smallest absolute Gasteiger partial charge is 0.117 e. The highest BCUT2D eigenvalue weighted by molar-refractivity contribution is 6.31. The van der Waals surface area contributed by atoms with Crippen LogP contribution in [0.4, 0.5) is 0 Å². The minimum absolute atomic E-state index is 0.107. The maximum absolute atomic E-state index is 10.3. The predicted octanol–water partition coefficient (Wildman–Crippen LogP) is -0.237. The van der Waals surface area contributed by atoms with Crippen molar-refractivity contribution in [1.82, 2.24) is 0 Å². The minimum atomic E-state index is -1.11. The van der Waals surface area contributed by atoms with E-state index in [1.165, 1.54) is 0 Å². The summed E-state index contributed by atoms with van der Waals surface area (Å²) in [6, 6.07) is 6.72. The van der Waals surface area contributed by atoms with Gasteiger partial charge in [0.15, 0.2) is 0 Å².